The lowest BCUT2D eigenvalue weighted by Crippen LogP contribution is -2.14. The van der Waals surface area contributed by atoms with Crippen molar-refractivity contribution < 1.29 is 0 Å². The van der Waals surface area contributed by atoms with Crippen molar-refractivity contribution in [1.82, 2.24) is 9.97 Å². The zero-order valence-corrected chi connectivity index (χ0v) is 10.3. The molecule has 3 heteroatoms. The van der Waals surface area contributed by atoms with E-state index in [1.807, 2.05) is 29.8 Å². The maximum absolute atomic E-state index is 4.77. The maximum atomic E-state index is 4.77. The van der Waals surface area contributed by atoms with Crippen molar-refractivity contribution in [2.75, 3.05) is 0 Å². The summed E-state index contributed by atoms with van der Waals surface area (Å²) in [5.41, 5.74) is 1.12. The van der Waals surface area contributed by atoms with Crippen molar-refractivity contribution in [2.24, 2.45) is 5.92 Å². The molecule has 0 aliphatic heterocycles. The smallest absolute Gasteiger partial charge is 0.0972 e. The van der Waals surface area contributed by atoms with Crippen LogP contribution in [0.25, 0.3) is 10.2 Å². The highest BCUT2D eigenvalue weighted by atomic mass is 32.1. The molecule has 1 aliphatic carbocycles. The summed E-state index contributed by atoms with van der Waals surface area (Å²) in [7, 11) is 0. The number of aromatic nitrogens is 2. The van der Waals surface area contributed by atoms with Crippen molar-refractivity contribution in [3.8, 4) is 0 Å². The third-order valence-electron chi connectivity index (χ3n) is 3.64. The van der Waals surface area contributed by atoms with E-state index < -0.39 is 0 Å². The van der Waals surface area contributed by atoms with Gasteiger partial charge < -0.3 is 0 Å². The summed E-state index contributed by atoms with van der Waals surface area (Å²) in [4.78, 5) is 8.93. The number of nitrogens with zero attached hydrogens (tertiary/aromatic N) is 2. The van der Waals surface area contributed by atoms with Gasteiger partial charge in [0.15, 0.2) is 0 Å². The molecule has 0 saturated heterocycles. The molecule has 3 rings (SSSR count). The number of fused-ring (bicyclic) bond motifs is 1. The zero-order valence-electron chi connectivity index (χ0n) is 9.52. The average molecular weight is 232 g/mol. The molecule has 0 spiro atoms. The van der Waals surface area contributed by atoms with Crippen LogP contribution in [0, 0.1) is 5.92 Å². The molecule has 0 N–H and O–H groups in total. The number of thiazole rings is 1. The number of hydrogen-bond donors (Lipinski definition) is 0. The Labute approximate surface area is 99.7 Å². The minimum atomic E-state index is 0.686. The van der Waals surface area contributed by atoms with E-state index in [0.29, 0.717) is 5.92 Å². The second kappa shape index (κ2) is 4.13. The summed E-state index contributed by atoms with van der Waals surface area (Å²) in [6, 6.07) is 2.02. The van der Waals surface area contributed by atoms with E-state index in [-0.39, 0.29) is 0 Å². The number of hydrogen-bond acceptors (Lipinski definition) is 3. The lowest BCUT2D eigenvalue weighted by Gasteiger charge is -2.26. The Morgan fingerprint density at radius 3 is 3.00 bits per heavy atom. The fourth-order valence-electron chi connectivity index (χ4n) is 2.64. The highest BCUT2D eigenvalue weighted by Crippen LogP contribution is 2.40. The predicted octanol–water partition coefficient (Wildman–Crippen LogP) is 3.99. The first kappa shape index (κ1) is 10.2. The van der Waals surface area contributed by atoms with E-state index in [2.05, 4.69) is 11.9 Å². The third kappa shape index (κ3) is 1.73. The van der Waals surface area contributed by atoms with Gasteiger partial charge in [0.1, 0.15) is 0 Å². The van der Waals surface area contributed by atoms with Crippen molar-refractivity contribution in [3.05, 3.63) is 23.5 Å². The van der Waals surface area contributed by atoms with Crippen molar-refractivity contribution >= 4 is 21.6 Å². The SMILES string of the molecule is C[C@H]1CCCC[C@H]1c1nc2ccncc2s1. The average Bonchev–Trinajstić information content (AvgIpc) is 2.73. The first-order valence-electron chi connectivity index (χ1n) is 6.05. The topological polar surface area (TPSA) is 25.8 Å². The largest absolute Gasteiger partial charge is 0.263 e. The van der Waals surface area contributed by atoms with Gasteiger partial charge in [0.2, 0.25) is 0 Å². The molecule has 2 nitrogen and oxygen atoms in total. The van der Waals surface area contributed by atoms with Crippen LogP contribution < -0.4 is 0 Å². The zero-order chi connectivity index (χ0) is 11.0. The van der Waals surface area contributed by atoms with E-state index in [1.165, 1.54) is 35.4 Å². The van der Waals surface area contributed by atoms with Crippen molar-refractivity contribution in [2.45, 2.75) is 38.5 Å². The van der Waals surface area contributed by atoms with Gasteiger partial charge in [-0.05, 0) is 18.4 Å². The molecule has 2 aromatic rings. The molecule has 2 atom stereocenters. The molecule has 2 aromatic heterocycles. The first-order chi connectivity index (χ1) is 7.84. The van der Waals surface area contributed by atoms with Crippen LogP contribution in [-0.2, 0) is 0 Å². The van der Waals surface area contributed by atoms with Crippen LogP contribution in [0.2, 0.25) is 0 Å². The first-order valence-corrected chi connectivity index (χ1v) is 6.86. The molecule has 0 amide bonds. The molecule has 1 saturated carbocycles. The Morgan fingerprint density at radius 2 is 2.19 bits per heavy atom. The standard InChI is InChI=1S/C13H16N2S/c1-9-4-2-3-5-10(9)13-15-11-6-7-14-8-12(11)16-13/h6-10H,2-5H2,1H3/t9-,10+/m0/s1. The molecule has 84 valence electrons. The normalized spacial score (nSPS) is 26.1. The Balaban J connectivity index is 1.98. The quantitative estimate of drug-likeness (QED) is 0.743. The van der Waals surface area contributed by atoms with Crippen molar-refractivity contribution in [1.29, 1.82) is 0 Å². The summed E-state index contributed by atoms with van der Waals surface area (Å²) in [6.07, 6.45) is 9.20. The van der Waals surface area contributed by atoms with Crippen LogP contribution >= 0.6 is 11.3 Å². The van der Waals surface area contributed by atoms with Gasteiger partial charge >= 0.3 is 0 Å². The van der Waals surface area contributed by atoms with Gasteiger partial charge in [-0.15, -0.1) is 11.3 Å². The second-order valence-electron chi connectivity index (χ2n) is 4.76. The van der Waals surface area contributed by atoms with E-state index in [1.54, 1.807) is 0 Å². The van der Waals surface area contributed by atoms with Gasteiger partial charge in [0, 0.05) is 18.3 Å². The summed E-state index contributed by atoms with van der Waals surface area (Å²) in [5.74, 6) is 1.48. The monoisotopic (exact) mass is 232 g/mol. The van der Waals surface area contributed by atoms with E-state index in [0.717, 1.165) is 11.4 Å². The molecule has 1 aliphatic rings. The molecule has 0 bridgehead atoms. The van der Waals surface area contributed by atoms with E-state index in [4.69, 9.17) is 4.98 Å². The number of pyridine rings is 1. The summed E-state index contributed by atoms with van der Waals surface area (Å²) in [5, 5.41) is 1.33. The molecule has 0 radical (unpaired) electrons. The summed E-state index contributed by atoms with van der Waals surface area (Å²) in [6.45, 7) is 2.37. The van der Waals surface area contributed by atoms with Gasteiger partial charge in [-0.3, -0.25) is 4.98 Å². The van der Waals surface area contributed by atoms with Crippen LogP contribution in [0.3, 0.4) is 0 Å². The van der Waals surface area contributed by atoms with Crippen LogP contribution in [-0.4, -0.2) is 9.97 Å². The van der Waals surface area contributed by atoms with E-state index >= 15 is 0 Å². The Kier molecular flexibility index (Phi) is 2.64. The second-order valence-corrected chi connectivity index (χ2v) is 5.83. The number of rotatable bonds is 1. The highest BCUT2D eigenvalue weighted by Gasteiger charge is 2.25. The molecule has 1 fully saturated rings. The van der Waals surface area contributed by atoms with Gasteiger partial charge in [-0.25, -0.2) is 4.98 Å². The van der Waals surface area contributed by atoms with Gasteiger partial charge in [-0.1, -0.05) is 26.2 Å². The third-order valence-corrected chi connectivity index (χ3v) is 4.77. The summed E-state index contributed by atoms with van der Waals surface area (Å²) >= 11 is 1.83. The fourth-order valence-corrected chi connectivity index (χ4v) is 3.84. The molecule has 0 aromatic carbocycles. The highest BCUT2D eigenvalue weighted by molar-refractivity contribution is 7.18. The molecule has 16 heavy (non-hydrogen) atoms. The van der Waals surface area contributed by atoms with Crippen LogP contribution in [0.1, 0.15) is 43.5 Å². The van der Waals surface area contributed by atoms with Crippen LogP contribution in [0.4, 0.5) is 0 Å². The van der Waals surface area contributed by atoms with Crippen LogP contribution in [0.5, 0.6) is 0 Å². The minimum Gasteiger partial charge on any atom is -0.263 e. The van der Waals surface area contributed by atoms with Gasteiger partial charge in [0.25, 0.3) is 0 Å². The van der Waals surface area contributed by atoms with Crippen LogP contribution in [0.15, 0.2) is 18.5 Å². The molecular weight excluding hydrogens is 216 g/mol. The van der Waals surface area contributed by atoms with Gasteiger partial charge in [-0.2, -0.15) is 0 Å². The molecule has 2 heterocycles. The lowest BCUT2D eigenvalue weighted by atomic mass is 9.81. The van der Waals surface area contributed by atoms with E-state index in [9.17, 15) is 0 Å². The Hall–Kier alpha value is -0.960. The Morgan fingerprint density at radius 1 is 1.31 bits per heavy atom. The lowest BCUT2D eigenvalue weighted by molar-refractivity contribution is 0.330. The maximum Gasteiger partial charge on any atom is 0.0972 e. The fraction of sp³-hybridized carbons (Fsp3) is 0.538. The predicted molar refractivity (Wildman–Crippen MR) is 67.8 cm³/mol. The Bertz CT molecular complexity index is 458. The van der Waals surface area contributed by atoms with Gasteiger partial charge in [0.05, 0.1) is 15.2 Å². The minimum absolute atomic E-state index is 0.686. The molecular formula is C13H16N2S. The summed E-state index contributed by atoms with van der Waals surface area (Å²) < 4.78 is 1.23. The molecule has 0 unspecified atom stereocenters. The van der Waals surface area contributed by atoms with Crippen molar-refractivity contribution in [3.63, 3.8) is 0 Å².